The first kappa shape index (κ1) is 14.7. The van der Waals surface area contributed by atoms with Crippen LogP contribution in [0.15, 0.2) is 12.1 Å². The zero-order chi connectivity index (χ0) is 14.7. The lowest BCUT2D eigenvalue weighted by Crippen LogP contribution is -2.09. The van der Waals surface area contributed by atoms with Gasteiger partial charge in [-0.2, -0.15) is 4.68 Å². The van der Waals surface area contributed by atoms with E-state index in [-0.39, 0.29) is 0 Å². The van der Waals surface area contributed by atoms with Gasteiger partial charge in [-0.15, -0.1) is 5.10 Å². The van der Waals surface area contributed by atoms with Gasteiger partial charge in [0.05, 0.1) is 0 Å². The molecular weight excluding hydrogens is 250 g/mol. The fraction of sp³-hybridized carbons (Fsp3) is 0.533. The first-order valence-corrected chi connectivity index (χ1v) is 7.25. The summed E-state index contributed by atoms with van der Waals surface area (Å²) < 4.78 is 1.85. The maximum Gasteiger partial charge on any atom is 0.156 e. The van der Waals surface area contributed by atoms with Crippen LogP contribution in [0.2, 0.25) is 0 Å². The molecule has 5 heteroatoms. The maximum atomic E-state index is 5.79. The first-order valence-electron chi connectivity index (χ1n) is 7.25. The lowest BCUT2D eigenvalue weighted by atomic mass is 10.1. The number of aromatic nitrogens is 4. The summed E-state index contributed by atoms with van der Waals surface area (Å²) in [6.45, 7) is 8.91. The Labute approximate surface area is 120 Å². The van der Waals surface area contributed by atoms with Gasteiger partial charge in [-0.05, 0) is 23.6 Å². The molecule has 0 aliphatic heterocycles. The largest absolute Gasteiger partial charge is 0.326 e. The summed E-state index contributed by atoms with van der Waals surface area (Å²) in [6.07, 6.45) is 1.66. The highest BCUT2D eigenvalue weighted by Gasteiger charge is 2.13. The van der Waals surface area contributed by atoms with Crippen LogP contribution in [-0.4, -0.2) is 19.7 Å². The highest BCUT2D eigenvalue weighted by molar-refractivity contribution is 5.32. The quantitative estimate of drug-likeness (QED) is 0.908. The van der Waals surface area contributed by atoms with Gasteiger partial charge in [0.25, 0.3) is 0 Å². The summed E-state index contributed by atoms with van der Waals surface area (Å²) in [7, 11) is 0. The predicted molar refractivity (Wildman–Crippen MR) is 79.9 cm³/mol. The molecule has 2 rings (SSSR count). The van der Waals surface area contributed by atoms with Gasteiger partial charge in [0.2, 0.25) is 0 Å². The van der Waals surface area contributed by atoms with Crippen LogP contribution in [0.25, 0.3) is 5.82 Å². The highest BCUT2D eigenvalue weighted by atomic mass is 15.4. The Balaban J connectivity index is 2.56. The van der Waals surface area contributed by atoms with Crippen LogP contribution in [0, 0.1) is 0 Å². The summed E-state index contributed by atoms with van der Waals surface area (Å²) in [5.74, 6) is 2.98. The number of pyridine rings is 1. The molecule has 0 aliphatic rings. The summed E-state index contributed by atoms with van der Waals surface area (Å²) in [5.41, 5.74) is 7.91. The molecule has 2 aromatic rings. The van der Waals surface area contributed by atoms with Crippen LogP contribution in [-0.2, 0) is 19.4 Å². The van der Waals surface area contributed by atoms with Crippen LogP contribution in [0.3, 0.4) is 0 Å². The third-order valence-electron chi connectivity index (χ3n) is 3.29. The van der Waals surface area contributed by atoms with Gasteiger partial charge in [0.1, 0.15) is 5.82 Å². The van der Waals surface area contributed by atoms with Gasteiger partial charge in [-0.25, -0.2) is 9.97 Å². The van der Waals surface area contributed by atoms with E-state index in [9.17, 15) is 0 Å². The van der Waals surface area contributed by atoms with Crippen molar-refractivity contribution in [1.29, 1.82) is 0 Å². The fourth-order valence-corrected chi connectivity index (χ4v) is 2.07. The molecule has 5 nitrogen and oxygen atoms in total. The van der Waals surface area contributed by atoms with Gasteiger partial charge in [0.15, 0.2) is 11.6 Å². The number of hydrogen-bond donors (Lipinski definition) is 1. The Morgan fingerprint density at radius 3 is 2.45 bits per heavy atom. The molecule has 2 N–H and O–H groups in total. The number of nitrogens with zero attached hydrogens (tertiary/aromatic N) is 4. The molecule has 0 aliphatic carbocycles. The van der Waals surface area contributed by atoms with Crippen molar-refractivity contribution in [2.24, 2.45) is 5.73 Å². The molecule has 0 saturated heterocycles. The summed E-state index contributed by atoms with van der Waals surface area (Å²) in [6, 6.07) is 4.07. The fourth-order valence-electron chi connectivity index (χ4n) is 2.07. The van der Waals surface area contributed by atoms with Gasteiger partial charge < -0.3 is 5.73 Å². The highest BCUT2D eigenvalue weighted by Crippen LogP contribution is 2.18. The van der Waals surface area contributed by atoms with E-state index in [0.717, 1.165) is 41.6 Å². The Morgan fingerprint density at radius 2 is 1.90 bits per heavy atom. The van der Waals surface area contributed by atoms with Crippen molar-refractivity contribution in [1.82, 2.24) is 19.7 Å². The molecule has 0 saturated carbocycles. The summed E-state index contributed by atoms with van der Waals surface area (Å²) >= 11 is 0. The molecule has 0 atom stereocenters. The van der Waals surface area contributed by atoms with E-state index in [1.54, 1.807) is 0 Å². The molecule has 0 fully saturated rings. The third kappa shape index (κ3) is 2.88. The Hall–Kier alpha value is -1.75. The minimum atomic E-state index is 0.361. The van der Waals surface area contributed by atoms with E-state index in [0.29, 0.717) is 12.5 Å². The molecule has 0 spiro atoms. The Bertz CT molecular complexity index is 586. The molecular formula is C15H23N5. The predicted octanol–water partition coefficient (Wildman–Crippen LogP) is 2.37. The van der Waals surface area contributed by atoms with Gasteiger partial charge >= 0.3 is 0 Å². The second-order valence-electron chi connectivity index (χ2n) is 5.18. The second-order valence-corrected chi connectivity index (χ2v) is 5.18. The van der Waals surface area contributed by atoms with Crippen LogP contribution in [0.5, 0.6) is 0 Å². The van der Waals surface area contributed by atoms with Crippen molar-refractivity contribution in [2.45, 2.75) is 53.0 Å². The van der Waals surface area contributed by atoms with E-state index < -0.39 is 0 Å². The van der Waals surface area contributed by atoms with E-state index in [2.05, 4.69) is 43.8 Å². The zero-order valence-corrected chi connectivity index (χ0v) is 12.7. The maximum absolute atomic E-state index is 5.79. The van der Waals surface area contributed by atoms with Gasteiger partial charge in [0, 0.05) is 25.1 Å². The van der Waals surface area contributed by atoms with Crippen molar-refractivity contribution < 1.29 is 0 Å². The molecule has 0 bridgehead atoms. The number of hydrogen-bond acceptors (Lipinski definition) is 4. The topological polar surface area (TPSA) is 69.6 Å². The third-order valence-corrected chi connectivity index (χ3v) is 3.29. The number of rotatable bonds is 5. The average Bonchev–Trinajstić information content (AvgIpc) is 2.90. The first-order chi connectivity index (χ1) is 9.58. The molecule has 0 unspecified atom stereocenters. The SMILES string of the molecule is CCc1nc(CC)n(-c2cc(CN)cc(C(C)C)n2)n1. The van der Waals surface area contributed by atoms with Crippen LogP contribution in [0.1, 0.15) is 56.5 Å². The lowest BCUT2D eigenvalue weighted by molar-refractivity contribution is 0.741. The second kappa shape index (κ2) is 6.13. The van der Waals surface area contributed by atoms with Crippen LogP contribution >= 0.6 is 0 Å². The van der Waals surface area contributed by atoms with Crippen LogP contribution < -0.4 is 5.73 Å². The molecule has 108 valence electrons. The van der Waals surface area contributed by atoms with Crippen molar-refractivity contribution in [3.63, 3.8) is 0 Å². The minimum Gasteiger partial charge on any atom is -0.326 e. The van der Waals surface area contributed by atoms with Crippen molar-refractivity contribution in [3.8, 4) is 5.82 Å². The lowest BCUT2D eigenvalue weighted by Gasteiger charge is -2.11. The molecule has 0 radical (unpaired) electrons. The Kier molecular flexibility index (Phi) is 4.49. The molecule has 2 heterocycles. The minimum absolute atomic E-state index is 0.361. The zero-order valence-electron chi connectivity index (χ0n) is 12.7. The molecule has 2 aromatic heterocycles. The van der Waals surface area contributed by atoms with Gasteiger partial charge in [-0.1, -0.05) is 27.7 Å². The van der Waals surface area contributed by atoms with Gasteiger partial charge in [-0.3, -0.25) is 0 Å². The van der Waals surface area contributed by atoms with Crippen LogP contribution in [0.4, 0.5) is 0 Å². The standard InChI is InChI=1S/C15H23N5/c1-5-13-18-14(6-2)20(19-13)15-8-11(9-16)7-12(17-15)10(3)4/h7-8,10H,5-6,9,16H2,1-4H3. The molecule has 20 heavy (non-hydrogen) atoms. The van der Waals surface area contributed by atoms with Crippen molar-refractivity contribution >= 4 is 0 Å². The summed E-state index contributed by atoms with van der Waals surface area (Å²) in [5, 5.41) is 4.55. The van der Waals surface area contributed by atoms with E-state index >= 15 is 0 Å². The normalized spacial score (nSPS) is 11.3. The number of nitrogens with two attached hydrogens (primary N) is 1. The summed E-state index contributed by atoms with van der Waals surface area (Å²) in [4.78, 5) is 9.25. The van der Waals surface area contributed by atoms with E-state index in [4.69, 9.17) is 10.7 Å². The van der Waals surface area contributed by atoms with E-state index in [1.165, 1.54) is 0 Å². The molecule has 0 amide bonds. The van der Waals surface area contributed by atoms with Crippen molar-refractivity contribution in [3.05, 3.63) is 35.0 Å². The number of aryl methyl sites for hydroxylation is 2. The Morgan fingerprint density at radius 1 is 1.15 bits per heavy atom. The van der Waals surface area contributed by atoms with Crippen molar-refractivity contribution in [2.75, 3.05) is 0 Å². The average molecular weight is 273 g/mol. The smallest absolute Gasteiger partial charge is 0.156 e. The van der Waals surface area contributed by atoms with E-state index in [1.807, 2.05) is 10.7 Å². The molecule has 0 aromatic carbocycles. The monoisotopic (exact) mass is 273 g/mol.